The highest BCUT2D eigenvalue weighted by atomic mass is 16.2. The van der Waals surface area contributed by atoms with E-state index in [0.29, 0.717) is 19.3 Å². The van der Waals surface area contributed by atoms with E-state index in [1.165, 1.54) is 5.56 Å². The predicted octanol–water partition coefficient (Wildman–Crippen LogP) is 4.05. The molecule has 0 bridgehead atoms. The van der Waals surface area contributed by atoms with E-state index in [4.69, 9.17) is 0 Å². The first-order valence-corrected chi connectivity index (χ1v) is 9.98. The van der Waals surface area contributed by atoms with E-state index in [9.17, 15) is 9.59 Å². The number of benzene rings is 2. The van der Waals surface area contributed by atoms with Gasteiger partial charge in [0, 0.05) is 18.5 Å². The number of nitrogens with zero attached hydrogens (tertiary/aromatic N) is 1. The van der Waals surface area contributed by atoms with Crippen LogP contribution in [0.3, 0.4) is 0 Å². The Kier molecular flexibility index (Phi) is 5.99. The molecule has 1 unspecified atom stereocenters. The molecule has 0 saturated carbocycles. The number of hydrogen-bond donors (Lipinski definition) is 1. The Morgan fingerprint density at radius 1 is 1.00 bits per heavy atom. The topological polar surface area (TPSA) is 49.4 Å². The first kappa shape index (κ1) is 20.3. The van der Waals surface area contributed by atoms with Gasteiger partial charge >= 0.3 is 0 Å². The SMILES string of the molecule is CN(Cc1ccccc1)C(C)(C)CCC1(c2ccccc2)CCC(=O)NC1=O. The number of piperidine rings is 1. The lowest BCUT2D eigenvalue weighted by Crippen LogP contribution is -2.53. The minimum Gasteiger partial charge on any atom is -0.297 e. The van der Waals surface area contributed by atoms with Gasteiger partial charge in [-0.3, -0.25) is 19.8 Å². The lowest BCUT2D eigenvalue weighted by atomic mass is 9.69. The van der Waals surface area contributed by atoms with Gasteiger partial charge in [-0.1, -0.05) is 60.7 Å². The molecule has 28 heavy (non-hydrogen) atoms. The molecule has 0 aliphatic carbocycles. The maximum absolute atomic E-state index is 13.0. The first-order valence-electron chi connectivity index (χ1n) is 9.98. The minimum atomic E-state index is -0.639. The molecule has 2 aromatic rings. The minimum absolute atomic E-state index is 0.0840. The molecule has 0 radical (unpaired) electrons. The number of rotatable bonds is 7. The second kappa shape index (κ2) is 8.27. The first-order chi connectivity index (χ1) is 13.3. The summed E-state index contributed by atoms with van der Waals surface area (Å²) in [5, 5.41) is 2.58. The zero-order chi connectivity index (χ0) is 20.2. The van der Waals surface area contributed by atoms with Gasteiger partial charge in [-0.15, -0.1) is 0 Å². The monoisotopic (exact) mass is 378 g/mol. The smallest absolute Gasteiger partial charge is 0.237 e. The van der Waals surface area contributed by atoms with Crippen molar-refractivity contribution >= 4 is 11.8 Å². The molecule has 1 saturated heterocycles. The van der Waals surface area contributed by atoms with E-state index < -0.39 is 5.41 Å². The van der Waals surface area contributed by atoms with E-state index in [2.05, 4.69) is 55.4 Å². The van der Waals surface area contributed by atoms with E-state index in [1.54, 1.807) is 0 Å². The average Bonchev–Trinajstić information content (AvgIpc) is 2.69. The molecule has 4 heteroatoms. The summed E-state index contributed by atoms with van der Waals surface area (Å²) in [5.74, 6) is -0.325. The summed E-state index contributed by atoms with van der Waals surface area (Å²) in [6, 6.07) is 20.3. The molecular formula is C24H30N2O2. The normalized spacial score (nSPS) is 20.3. The zero-order valence-corrected chi connectivity index (χ0v) is 17.1. The molecular weight excluding hydrogens is 348 g/mol. The Labute approximate surface area is 167 Å². The Bertz CT molecular complexity index is 817. The summed E-state index contributed by atoms with van der Waals surface area (Å²) in [4.78, 5) is 27.1. The lowest BCUT2D eigenvalue weighted by molar-refractivity contribution is -0.138. The molecule has 148 valence electrons. The van der Waals surface area contributed by atoms with Crippen LogP contribution in [0.5, 0.6) is 0 Å². The van der Waals surface area contributed by atoms with Crippen molar-refractivity contribution in [3.05, 3.63) is 71.8 Å². The fraction of sp³-hybridized carbons (Fsp3) is 0.417. The van der Waals surface area contributed by atoms with E-state index >= 15 is 0 Å². The second-order valence-electron chi connectivity index (χ2n) is 8.48. The molecule has 1 heterocycles. The fourth-order valence-corrected chi connectivity index (χ4v) is 3.95. The summed E-state index contributed by atoms with van der Waals surface area (Å²) in [6.07, 6.45) is 2.52. The van der Waals surface area contributed by atoms with E-state index in [-0.39, 0.29) is 17.4 Å². The molecule has 3 rings (SSSR count). The zero-order valence-electron chi connectivity index (χ0n) is 17.1. The highest BCUT2D eigenvalue weighted by molar-refractivity contribution is 6.03. The van der Waals surface area contributed by atoms with Crippen molar-refractivity contribution in [3.63, 3.8) is 0 Å². The molecule has 1 fully saturated rings. The highest BCUT2D eigenvalue weighted by Gasteiger charge is 2.45. The van der Waals surface area contributed by atoms with Crippen LogP contribution < -0.4 is 5.32 Å². The van der Waals surface area contributed by atoms with Crippen molar-refractivity contribution < 1.29 is 9.59 Å². The highest BCUT2D eigenvalue weighted by Crippen LogP contribution is 2.39. The van der Waals surface area contributed by atoms with Gasteiger partial charge < -0.3 is 0 Å². The van der Waals surface area contributed by atoms with Crippen LogP contribution in [0.15, 0.2) is 60.7 Å². The third kappa shape index (κ3) is 4.33. The molecule has 1 N–H and O–H groups in total. The second-order valence-corrected chi connectivity index (χ2v) is 8.48. The van der Waals surface area contributed by atoms with Crippen LogP contribution in [0.4, 0.5) is 0 Å². The third-order valence-corrected chi connectivity index (χ3v) is 6.25. The number of nitrogens with one attached hydrogen (secondary N) is 1. The molecule has 4 nitrogen and oxygen atoms in total. The molecule has 2 amide bonds. The summed E-state index contributed by atoms with van der Waals surface area (Å²) < 4.78 is 0. The Balaban J connectivity index is 1.78. The van der Waals surface area contributed by atoms with Crippen LogP contribution in [-0.2, 0) is 21.5 Å². The van der Waals surface area contributed by atoms with Crippen molar-refractivity contribution in [2.24, 2.45) is 0 Å². The van der Waals surface area contributed by atoms with Crippen molar-refractivity contribution in [3.8, 4) is 0 Å². The van der Waals surface area contributed by atoms with Crippen LogP contribution in [0.2, 0.25) is 0 Å². The molecule has 1 aliphatic rings. The van der Waals surface area contributed by atoms with Gasteiger partial charge in [0.15, 0.2) is 0 Å². The van der Waals surface area contributed by atoms with Crippen molar-refractivity contribution in [2.75, 3.05) is 7.05 Å². The quantitative estimate of drug-likeness (QED) is 0.740. The molecule has 0 spiro atoms. The van der Waals surface area contributed by atoms with E-state index in [0.717, 1.165) is 18.5 Å². The van der Waals surface area contributed by atoms with Crippen molar-refractivity contribution in [1.29, 1.82) is 0 Å². The number of hydrogen-bond acceptors (Lipinski definition) is 3. The Morgan fingerprint density at radius 2 is 1.61 bits per heavy atom. The summed E-state index contributed by atoms with van der Waals surface area (Å²) in [7, 11) is 2.13. The number of amides is 2. The van der Waals surface area contributed by atoms with E-state index in [1.807, 2.05) is 36.4 Å². The Hall–Kier alpha value is -2.46. The van der Waals surface area contributed by atoms with Gasteiger partial charge in [-0.05, 0) is 51.3 Å². The third-order valence-electron chi connectivity index (χ3n) is 6.25. The number of imide groups is 1. The fourth-order valence-electron chi connectivity index (χ4n) is 3.95. The number of carbonyl (C=O) groups is 2. The van der Waals surface area contributed by atoms with Gasteiger partial charge in [0.1, 0.15) is 0 Å². The predicted molar refractivity (Wildman–Crippen MR) is 112 cm³/mol. The van der Waals surface area contributed by atoms with Crippen LogP contribution in [0.1, 0.15) is 50.7 Å². The van der Waals surface area contributed by atoms with Gasteiger partial charge in [0.25, 0.3) is 0 Å². The average molecular weight is 379 g/mol. The van der Waals surface area contributed by atoms with Gasteiger partial charge in [0.2, 0.25) is 11.8 Å². The largest absolute Gasteiger partial charge is 0.297 e. The van der Waals surface area contributed by atoms with Crippen molar-refractivity contribution in [2.45, 2.75) is 57.0 Å². The van der Waals surface area contributed by atoms with Crippen LogP contribution >= 0.6 is 0 Å². The standard InChI is InChI=1S/C24H30N2O2/c1-23(2,26(3)18-19-10-6-4-7-11-19)16-17-24(20-12-8-5-9-13-20)15-14-21(27)25-22(24)28/h4-13H,14-18H2,1-3H3,(H,25,27,28). The number of carbonyl (C=O) groups excluding carboxylic acids is 2. The van der Waals surface area contributed by atoms with Gasteiger partial charge in [0.05, 0.1) is 5.41 Å². The summed E-state index contributed by atoms with van der Waals surface area (Å²) >= 11 is 0. The Morgan fingerprint density at radius 3 is 2.21 bits per heavy atom. The molecule has 1 atom stereocenters. The summed E-state index contributed by atoms with van der Waals surface area (Å²) in [6.45, 7) is 5.30. The van der Waals surface area contributed by atoms with Crippen LogP contribution in [0, 0.1) is 0 Å². The maximum Gasteiger partial charge on any atom is 0.237 e. The maximum atomic E-state index is 13.0. The van der Waals surface area contributed by atoms with Gasteiger partial charge in [-0.2, -0.15) is 0 Å². The summed E-state index contributed by atoms with van der Waals surface area (Å²) in [5.41, 5.74) is 1.55. The van der Waals surface area contributed by atoms with Gasteiger partial charge in [-0.25, -0.2) is 0 Å². The molecule has 2 aromatic carbocycles. The molecule has 0 aromatic heterocycles. The van der Waals surface area contributed by atoms with Crippen LogP contribution in [-0.4, -0.2) is 29.3 Å². The lowest BCUT2D eigenvalue weighted by Gasteiger charge is -2.41. The van der Waals surface area contributed by atoms with Crippen molar-refractivity contribution in [1.82, 2.24) is 10.2 Å². The molecule has 1 aliphatic heterocycles. The van der Waals surface area contributed by atoms with Crippen LogP contribution in [0.25, 0.3) is 0 Å².